The van der Waals surface area contributed by atoms with E-state index in [1.165, 1.54) is 15.4 Å². The minimum Gasteiger partial charge on any atom is -0.488 e. The number of nitrogens with zero attached hydrogens (tertiary/aromatic N) is 2. The molecule has 1 aromatic heterocycles. The summed E-state index contributed by atoms with van der Waals surface area (Å²) in [6.07, 6.45) is 1.96. The maximum Gasteiger partial charge on any atom is 0.191 e. The van der Waals surface area contributed by atoms with E-state index in [9.17, 15) is 0 Å². The Morgan fingerprint density at radius 1 is 1.32 bits per heavy atom. The van der Waals surface area contributed by atoms with E-state index in [0.29, 0.717) is 6.54 Å². The molecule has 3 rings (SSSR count). The van der Waals surface area contributed by atoms with Crippen molar-refractivity contribution in [2.45, 2.75) is 39.7 Å². The molecule has 2 heterocycles. The maximum atomic E-state index is 5.95. The number of fused-ring (bicyclic) bond motifs is 1. The summed E-state index contributed by atoms with van der Waals surface area (Å²) >= 11 is 1.77. The predicted octanol–water partition coefficient (Wildman–Crippen LogP) is 2.86. The van der Waals surface area contributed by atoms with Gasteiger partial charge >= 0.3 is 0 Å². The van der Waals surface area contributed by atoms with Crippen molar-refractivity contribution in [3.63, 3.8) is 0 Å². The van der Waals surface area contributed by atoms with E-state index < -0.39 is 0 Å². The second-order valence-electron chi connectivity index (χ2n) is 6.20. The van der Waals surface area contributed by atoms with Crippen LogP contribution in [0.5, 0.6) is 5.75 Å². The van der Waals surface area contributed by atoms with Crippen LogP contribution in [0.4, 0.5) is 0 Å². The van der Waals surface area contributed by atoms with Crippen molar-refractivity contribution >= 4 is 17.3 Å². The molecule has 25 heavy (non-hydrogen) atoms. The fourth-order valence-corrected chi connectivity index (χ4v) is 3.76. The molecule has 134 valence electrons. The average molecular weight is 359 g/mol. The molecular weight excluding hydrogens is 332 g/mol. The van der Waals surface area contributed by atoms with Crippen LogP contribution in [-0.2, 0) is 12.8 Å². The summed E-state index contributed by atoms with van der Waals surface area (Å²) < 4.78 is 5.95. The highest BCUT2D eigenvalue weighted by Gasteiger charge is 2.21. The number of para-hydroxylation sites is 1. The van der Waals surface area contributed by atoms with E-state index in [4.69, 9.17) is 4.74 Å². The van der Waals surface area contributed by atoms with Gasteiger partial charge in [-0.15, -0.1) is 11.3 Å². The minimum absolute atomic E-state index is 0.122. The van der Waals surface area contributed by atoms with Crippen LogP contribution < -0.4 is 15.4 Å². The summed E-state index contributed by atoms with van der Waals surface area (Å²) in [5, 5.41) is 7.86. The second kappa shape index (κ2) is 8.34. The topological polar surface area (TPSA) is 58.5 Å². The molecule has 5 nitrogen and oxygen atoms in total. The molecule has 1 atom stereocenters. The van der Waals surface area contributed by atoms with Gasteiger partial charge in [-0.1, -0.05) is 18.2 Å². The van der Waals surface area contributed by atoms with Gasteiger partial charge < -0.3 is 15.4 Å². The summed E-state index contributed by atoms with van der Waals surface area (Å²) in [6, 6.07) is 8.22. The van der Waals surface area contributed by atoms with Gasteiger partial charge in [-0.3, -0.25) is 0 Å². The summed E-state index contributed by atoms with van der Waals surface area (Å²) in [5.41, 5.74) is 2.41. The summed E-state index contributed by atoms with van der Waals surface area (Å²) in [7, 11) is 0. The van der Waals surface area contributed by atoms with E-state index in [2.05, 4.69) is 53.5 Å². The highest BCUT2D eigenvalue weighted by molar-refractivity contribution is 7.11. The van der Waals surface area contributed by atoms with Crippen molar-refractivity contribution in [2.24, 2.45) is 4.99 Å². The number of nitrogens with one attached hydrogen (secondary N) is 2. The number of benzene rings is 1. The van der Waals surface area contributed by atoms with Gasteiger partial charge in [0.05, 0.1) is 17.2 Å². The zero-order valence-electron chi connectivity index (χ0n) is 15.1. The molecule has 0 fully saturated rings. The minimum atomic E-state index is 0.122. The zero-order valence-corrected chi connectivity index (χ0v) is 15.9. The fraction of sp³-hybridized carbons (Fsp3) is 0.474. The maximum absolute atomic E-state index is 5.95. The van der Waals surface area contributed by atoms with Crippen LogP contribution in [0.25, 0.3) is 0 Å². The summed E-state index contributed by atoms with van der Waals surface area (Å²) in [4.78, 5) is 10.6. The number of aryl methyl sites for hydroxylation is 2. The third kappa shape index (κ3) is 4.72. The van der Waals surface area contributed by atoms with Crippen LogP contribution in [-0.4, -0.2) is 36.7 Å². The largest absolute Gasteiger partial charge is 0.488 e. The van der Waals surface area contributed by atoms with E-state index in [0.717, 1.165) is 43.3 Å². The van der Waals surface area contributed by atoms with E-state index >= 15 is 0 Å². The van der Waals surface area contributed by atoms with Gasteiger partial charge in [0.15, 0.2) is 5.96 Å². The number of guanidine groups is 1. The molecule has 1 aromatic carbocycles. The quantitative estimate of drug-likeness (QED) is 0.616. The van der Waals surface area contributed by atoms with Crippen molar-refractivity contribution < 1.29 is 4.74 Å². The Labute approximate surface area is 153 Å². The summed E-state index contributed by atoms with van der Waals surface area (Å²) in [6.45, 7) is 8.58. The Balaban J connectivity index is 1.49. The van der Waals surface area contributed by atoms with E-state index in [1.54, 1.807) is 11.3 Å². The van der Waals surface area contributed by atoms with Gasteiger partial charge in [0.1, 0.15) is 11.9 Å². The Bertz CT molecular complexity index is 696. The molecule has 0 aliphatic carbocycles. The molecule has 0 saturated heterocycles. The van der Waals surface area contributed by atoms with Crippen LogP contribution in [0.15, 0.2) is 29.3 Å². The first kappa shape index (κ1) is 17.7. The van der Waals surface area contributed by atoms with Gasteiger partial charge in [-0.25, -0.2) is 9.98 Å². The molecule has 2 aromatic rings. The number of aliphatic imine (C=N–C) groups is 1. The Hall–Kier alpha value is -2.08. The van der Waals surface area contributed by atoms with Crippen LogP contribution in [0.2, 0.25) is 0 Å². The molecule has 1 aliphatic rings. The highest BCUT2D eigenvalue weighted by atomic mass is 32.1. The van der Waals surface area contributed by atoms with Gasteiger partial charge in [-0.2, -0.15) is 0 Å². The predicted molar refractivity (Wildman–Crippen MR) is 104 cm³/mol. The molecule has 1 aliphatic heterocycles. The highest BCUT2D eigenvalue weighted by Crippen LogP contribution is 2.28. The third-order valence-corrected chi connectivity index (χ3v) is 5.35. The number of aromatic nitrogens is 1. The number of ether oxygens (including phenoxy) is 1. The first-order valence-corrected chi connectivity index (χ1v) is 9.67. The Morgan fingerprint density at radius 2 is 2.16 bits per heavy atom. The molecule has 0 saturated carbocycles. The van der Waals surface area contributed by atoms with E-state index in [-0.39, 0.29) is 6.10 Å². The molecule has 1 unspecified atom stereocenters. The molecule has 6 heteroatoms. The van der Waals surface area contributed by atoms with Crippen molar-refractivity contribution in [1.29, 1.82) is 0 Å². The number of hydrogen-bond acceptors (Lipinski definition) is 4. The summed E-state index contributed by atoms with van der Waals surface area (Å²) in [5.74, 6) is 1.84. The van der Waals surface area contributed by atoms with Gasteiger partial charge in [0.2, 0.25) is 0 Å². The van der Waals surface area contributed by atoms with Crippen LogP contribution in [0, 0.1) is 13.8 Å². The van der Waals surface area contributed by atoms with Crippen molar-refractivity contribution in [2.75, 3.05) is 19.6 Å². The van der Waals surface area contributed by atoms with Crippen molar-refractivity contribution in [3.8, 4) is 5.75 Å². The lowest BCUT2D eigenvalue weighted by atomic mass is 10.1. The first-order valence-electron chi connectivity index (χ1n) is 8.85. The normalized spacial score (nSPS) is 16.4. The molecule has 2 N–H and O–H groups in total. The first-order chi connectivity index (χ1) is 12.2. The third-order valence-electron chi connectivity index (χ3n) is 4.22. The molecule has 0 bridgehead atoms. The fourth-order valence-electron chi connectivity index (χ4n) is 2.82. The second-order valence-corrected chi connectivity index (χ2v) is 7.49. The lowest BCUT2D eigenvalue weighted by Crippen LogP contribution is -2.39. The SMILES string of the molecule is CCNC(=NCC1Cc2ccccc2O1)NCCc1nc(C)c(C)s1. The van der Waals surface area contributed by atoms with Crippen molar-refractivity contribution in [1.82, 2.24) is 15.6 Å². The Morgan fingerprint density at radius 3 is 2.88 bits per heavy atom. The van der Waals surface area contributed by atoms with Gasteiger partial charge in [0.25, 0.3) is 0 Å². The molecule has 0 radical (unpaired) electrons. The van der Waals surface area contributed by atoms with Crippen LogP contribution in [0.1, 0.15) is 28.1 Å². The lowest BCUT2D eigenvalue weighted by molar-refractivity contribution is 0.241. The van der Waals surface area contributed by atoms with Gasteiger partial charge in [0, 0.05) is 30.8 Å². The number of thiazole rings is 1. The van der Waals surface area contributed by atoms with E-state index in [1.807, 2.05) is 12.1 Å². The average Bonchev–Trinajstić information content (AvgIpc) is 3.15. The monoisotopic (exact) mass is 358 g/mol. The molecular formula is C19H26N4OS. The lowest BCUT2D eigenvalue weighted by Gasteiger charge is -2.13. The standard InChI is InChI=1S/C19H26N4OS/c1-4-20-19(21-10-9-18-23-13(2)14(3)25-18)22-12-16-11-15-7-5-6-8-17(15)24-16/h5-8,16H,4,9-12H2,1-3H3,(H2,20,21,22). The number of hydrogen-bond donors (Lipinski definition) is 2. The van der Waals surface area contributed by atoms with Crippen LogP contribution in [0.3, 0.4) is 0 Å². The molecule has 0 amide bonds. The van der Waals surface area contributed by atoms with Gasteiger partial charge in [-0.05, 0) is 32.4 Å². The zero-order chi connectivity index (χ0) is 17.6. The molecule has 0 spiro atoms. The number of rotatable bonds is 6. The van der Waals surface area contributed by atoms with Crippen molar-refractivity contribution in [3.05, 3.63) is 45.4 Å². The smallest absolute Gasteiger partial charge is 0.191 e. The van der Waals surface area contributed by atoms with Crippen LogP contribution >= 0.6 is 11.3 Å². The Kier molecular flexibility index (Phi) is 5.91.